The van der Waals surface area contributed by atoms with Crippen molar-refractivity contribution < 1.29 is 24.5 Å². The fourth-order valence-corrected chi connectivity index (χ4v) is 4.80. The molecular weight excluding hydrogens is 747 g/mol. The summed E-state index contributed by atoms with van der Waals surface area (Å²) in [6.07, 6.45) is 5.37. The number of pyridine rings is 3. The first-order valence-corrected chi connectivity index (χ1v) is 17.5. The molecule has 6 aromatic rings. The second kappa shape index (κ2) is 17.3. The SMILES string of the molecule is CC(C)(C)[Si](C)(C)Oc1cc[c-]c(-c2ccccn2)c1.[Ir+3].[c-]1ccccc1-c1ccccn1.[c-]1ccccc1-c1ccccn1. The second-order valence-electron chi connectivity index (χ2n) is 11.5. The van der Waals surface area contributed by atoms with Crippen LogP contribution in [0.15, 0.2) is 140 Å². The quantitative estimate of drug-likeness (QED) is 0.129. The van der Waals surface area contributed by atoms with Crippen LogP contribution in [-0.4, -0.2) is 23.3 Å². The van der Waals surface area contributed by atoms with Gasteiger partial charge in [-0.2, -0.15) is 0 Å². The minimum atomic E-state index is -1.80. The zero-order valence-corrected chi connectivity index (χ0v) is 29.8. The van der Waals surface area contributed by atoms with E-state index in [1.807, 2.05) is 121 Å². The van der Waals surface area contributed by atoms with Crippen molar-refractivity contribution in [3.63, 3.8) is 0 Å². The molecule has 6 rings (SSSR count). The van der Waals surface area contributed by atoms with Gasteiger partial charge in [-0.25, -0.2) is 0 Å². The van der Waals surface area contributed by atoms with Gasteiger partial charge in [-0.15, -0.1) is 102 Å². The van der Waals surface area contributed by atoms with Crippen LogP contribution in [0.4, 0.5) is 0 Å². The summed E-state index contributed by atoms with van der Waals surface area (Å²) in [6, 6.07) is 48.7. The fourth-order valence-electron chi connectivity index (χ4n) is 3.78. The standard InChI is InChI=1S/C17H22NOSi.2C11H8N.Ir/c1-17(2,3)20(4,5)19-15-10-8-9-14(13-15)16-11-6-7-12-18-16;2*1-2-6-10(7-3-1)11-8-4-5-9-12-11;/h6-8,10-13H,1-5H3;2*1-6,8-9H;/q3*-1;+3. The zero-order valence-electron chi connectivity index (χ0n) is 26.4. The number of benzene rings is 3. The molecule has 0 spiro atoms. The third-order valence-electron chi connectivity index (χ3n) is 7.19. The summed E-state index contributed by atoms with van der Waals surface area (Å²) >= 11 is 0. The molecule has 0 aliphatic heterocycles. The van der Waals surface area contributed by atoms with Crippen LogP contribution in [0.3, 0.4) is 0 Å². The summed E-state index contributed by atoms with van der Waals surface area (Å²) < 4.78 is 6.32. The number of rotatable bonds is 5. The van der Waals surface area contributed by atoms with Crippen molar-refractivity contribution in [3.8, 4) is 39.5 Å². The normalized spacial score (nSPS) is 10.6. The van der Waals surface area contributed by atoms with Gasteiger partial charge in [0.05, 0.1) is 0 Å². The van der Waals surface area contributed by atoms with Crippen LogP contribution in [0.2, 0.25) is 18.1 Å². The molecule has 4 nitrogen and oxygen atoms in total. The van der Waals surface area contributed by atoms with Gasteiger partial charge in [0.1, 0.15) is 0 Å². The van der Waals surface area contributed by atoms with Gasteiger partial charge in [0.15, 0.2) is 0 Å². The van der Waals surface area contributed by atoms with Crippen LogP contribution >= 0.6 is 0 Å². The Hall–Kier alpha value is -4.22. The van der Waals surface area contributed by atoms with Crippen molar-refractivity contribution in [1.29, 1.82) is 0 Å². The molecule has 228 valence electrons. The smallest absolute Gasteiger partial charge is 0.558 e. The van der Waals surface area contributed by atoms with Gasteiger partial charge in [0.2, 0.25) is 8.32 Å². The third kappa shape index (κ3) is 11.0. The van der Waals surface area contributed by atoms with Gasteiger partial charge in [0.25, 0.3) is 0 Å². The zero-order chi connectivity index (χ0) is 31.3. The van der Waals surface area contributed by atoms with E-state index in [-0.39, 0.29) is 25.1 Å². The molecule has 3 heterocycles. The topological polar surface area (TPSA) is 47.9 Å². The molecule has 0 bridgehead atoms. The summed E-state index contributed by atoms with van der Waals surface area (Å²) in [7, 11) is -1.80. The Kier molecular flexibility index (Phi) is 13.6. The molecule has 0 amide bonds. The van der Waals surface area contributed by atoms with Crippen molar-refractivity contribution in [2.45, 2.75) is 38.9 Å². The van der Waals surface area contributed by atoms with Crippen LogP contribution in [0, 0.1) is 18.2 Å². The number of nitrogens with zero attached hydrogens (tertiary/aromatic N) is 3. The van der Waals surface area contributed by atoms with Gasteiger partial charge < -0.3 is 19.4 Å². The first kappa shape index (κ1) is 35.3. The molecule has 0 fully saturated rings. The maximum absolute atomic E-state index is 6.32. The minimum absolute atomic E-state index is 0. The van der Waals surface area contributed by atoms with Crippen LogP contribution < -0.4 is 4.43 Å². The molecule has 0 saturated heterocycles. The van der Waals surface area contributed by atoms with Crippen molar-refractivity contribution in [2.24, 2.45) is 0 Å². The fraction of sp³-hybridized carbons (Fsp3) is 0.154. The predicted octanol–water partition coefficient (Wildman–Crippen LogP) is 10.0. The van der Waals surface area contributed by atoms with Crippen molar-refractivity contribution in [3.05, 3.63) is 158 Å². The molecule has 0 atom stereocenters. The molecule has 45 heavy (non-hydrogen) atoms. The number of hydrogen-bond donors (Lipinski definition) is 0. The van der Waals surface area contributed by atoms with E-state index in [0.717, 1.165) is 39.5 Å². The monoisotopic (exact) mass is 785 g/mol. The maximum atomic E-state index is 6.32. The summed E-state index contributed by atoms with van der Waals surface area (Å²) in [5, 5.41) is 0.192. The Morgan fingerprint density at radius 1 is 0.533 bits per heavy atom. The van der Waals surface area contributed by atoms with Crippen LogP contribution in [0.1, 0.15) is 20.8 Å². The average molecular weight is 785 g/mol. The van der Waals surface area contributed by atoms with E-state index >= 15 is 0 Å². The Bertz CT molecular complexity index is 1510. The molecular formula is C39H38IrN3OSi. The van der Waals surface area contributed by atoms with E-state index in [0.29, 0.717) is 0 Å². The van der Waals surface area contributed by atoms with Gasteiger partial charge in [-0.1, -0.05) is 57.2 Å². The van der Waals surface area contributed by atoms with Gasteiger partial charge in [0, 0.05) is 24.3 Å². The van der Waals surface area contributed by atoms with E-state index in [4.69, 9.17) is 4.43 Å². The third-order valence-corrected chi connectivity index (χ3v) is 11.6. The summed E-state index contributed by atoms with van der Waals surface area (Å²) in [5.41, 5.74) is 5.92. The molecule has 0 N–H and O–H groups in total. The van der Waals surface area contributed by atoms with E-state index in [9.17, 15) is 0 Å². The Morgan fingerprint density at radius 3 is 1.33 bits per heavy atom. The Labute approximate surface area is 283 Å². The first-order valence-electron chi connectivity index (χ1n) is 14.6. The minimum Gasteiger partial charge on any atom is -0.558 e. The van der Waals surface area contributed by atoms with E-state index < -0.39 is 8.32 Å². The van der Waals surface area contributed by atoms with E-state index in [2.05, 4.69) is 67.0 Å². The van der Waals surface area contributed by atoms with E-state index in [1.54, 1.807) is 18.6 Å². The van der Waals surface area contributed by atoms with Crippen LogP contribution in [-0.2, 0) is 20.1 Å². The number of hydrogen-bond acceptors (Lipinski definition) is 4. The molecule has 0 aliphatic rings. The van der Waals surface area contributed by atoms with E-state index in [1.165, 1.54) is 0 Å². The summed E-state index contributed by atoms with van der Waals surface area (Å²) in [6.45, 7) is 11.2. The molecule has 3 aromatic carbocycles. The van der Waals surface area contributed by atoms with Gasteiger partial charge >= 0.3 is 20.1 Å². The van der Waals surface area contributed by atoms with Crippen LogP contribution in [0.5, 0.6) is 5.75 Å². The van der Waals surface area contributed by atoms with Crippen molar-refractivity contribution in [2.75, 3.05) is 0 Å². The Balaban J connectivity index is 0.000000191. The summed E-state index contributed by atoms with van der Waals surface area (Å²) in [5.74, 6) is 0.913. The van der Waals surface area contributed by atoms with Gasteiger partial charge in [-0.05, 0) is 53.4 Å². The predicted molar refractivity (Wildman–Crippen MR) is 183 cm³/mol. The molecule has 0 saturated carbocycles. The summed E-state index contributed by atoms with van der Waals surface area (Å²) in [4.78, 5) is 12.8. The Morgan fingerprint density at radius 2 is 0.956 bits per heavy atom. The molecule has 0 radical (unpaired) electrons. The van der Waals surface area contributed by atoms with Crippen molar-refractivity contribution >= 4 is 8.32 Å². The second-order valence-corrected chi connectivity index (χ2v) is 16.2. The van der Waals surface area contributed by atoms with Gasteiger partial charge in [-0.3, -0.25) is 0 Å². The maximum Gasteiger partial charge on any atom is 3.00 e. The number of aromatic nitrogens is 3. The molecule has 3 aromatic heterocycles. The largest absolute Gasteiger partial charge is 3.00 e. The molecule has 6 heteroatoms. The van der Waals surface area contributed by atoms with Crippen molar-refractivity contribution in [1.82, 2.24) is 15.0 Å². The first-order chi connectivity index (χ1) is 21.2. The average Bonchev–Trinajstić information content (AvgIpc) is 3.07. The van der Waals surface area contributed by atoms with Crippen LogP contribution in [0.25, 0.3) is 33.8 Å². The molecule has 0 aliphatic carbocycles. The molecule has 0 unspecified atom stereocenters.